The molecule has 7 nitrogen and oxygen atoms in total. The first-order valence-electron chi connectivity index (χ1n) is 10.0. The number of phosphoric ester groups is 1. The first-order valence-corrected chi connectivity index (χ1v) is 11.5. The molecule has 0 spiro atoms. The summed E-state index contributed by atoms with van der Waals surface area (Å²) >= 11 is 0. The standard InChI is InChI=1S/C22H29O7P/c23-21(17-29-30(25,26)27)16-28-22(24)11-7-2-1-4-8-18-12-14-20(15-13-18)19-9-5-3-6-10-19/h3,5-6,9-10,12-15,21,23H,1-2,4,7-8,11,16-17H2,(H2,25,26,27)/t21-/m1/s1. The van der Waals surface area contributed by atoms with Gasteiger partial charge in [-0.1, -0.05) is 67.4 Å². The zero-order chi connectivity index (χ0) is 21.8. The van der Waals surface area contributed by atoms with Gasteiger partial charge in [-0.3, -0.25) is 9.32 Å². The Labute approximate surface area is 176 Å². The van der Waals surface area contributed by atoms with Crippen molar-refractivity contribution in [2.24, 2.45) is 0 Å². The van der Waals surface area contributed by atoms with E-state index in [-0.39, 0.29) is 13.0 Å². The highest BCUT2D eigenvalue weighted by molar-refractivity contribution is 7.46. The van der Waals surface area contributed by atoms with Crippen molar-refractivity contribution in [3.63, 3.8) is 0 Å². The Morgan fingerprint density at radius 3 is 2.17 bits per heavy atom. The lowest BCUT2D eigenvalue weighted by molar-refractivity contribution is -0.147. The van der Waals surface area contributed by atoms with E-state index >= 15 is 0 Å². The molecule has 30 heavy (non-hydrogen) atoms. The van der Waals surface area contributed by atoms with Crippen LogP contribution in [0.5, 0.6) is 0 Å². The number of ether oxygens (including phenoxy) is 1. The molecule has 0 amide bonds. The molecular formula is C22H29O7P. The maximum absolute atomic E-state index is 11.6. The van der Waals surface area contributed by atoms with Crippen molar-refractivity contribution in [2.45, 2.75) is 44.6 Å². The van der Waals surface area contributed by atoms with Crippen molar-refractivity contribution in [3.8, 4) is 11.1 Å². The van der Waals surface area contributed by atoms with Gasteiger partial charge in [0.15, 0.2) is 0 Å². The predicted octanol–water partition coefficient (Wildman–Crippen LogP) is 3.86. The molecule has 0 fully saturated rings. The van der Waals surface area contributed by atoms with E-state index < -0.39 is 26.5 Å². The van der Waals surface area contributed by atoms with Crippen LogP contribution >= 0.6 is 7.82 Å². The van der Waals surface area contributed by atoms with E-state index in [0.29, 0.717) is 6.42 Å². The molecule has 164 valence electrons. The van der Waals surface area contributed by atoms with Gasteiger partial charge in [-0.05, 0) is 36.0 Å². The summed E-state index contributed by atoms with van der Waals surface area (Å²) in [5.41, 5.74) is 3.70. The summed E-state index contributed by atoms with van der Waals surface area (Å²) in [6.07, 6.45) is 3.62. The number of aliphatic hydroxyl groups is 1. The first kappa shape index (κ1) is 24.3. The number of unbranched alkanes of at least 4 members (excludes halogenated alkanes) is 3. The maximum atomic E-state index is 11.6. The van der Waals surface area contributed by atoms with Crippen molar-refractivity contribution in [1.29, 1.82) is 0 Å². The topological polar surface area (TPSA) is 113 Å². The molecule has 0 radical (unpaired) electrons. The molecule has 0 aromatic heterocycles. The molecule has 0 saturated carbocycles. The van der Waals surface area contributed by atoms with E-state index in [1.54, 1.807) is 0 Å². The van der Waals surface area contributed by atoms with E-state index in [4.69, 9.17) is 14.5 Å². The van der Waals surface area contributed by atoms with Crippen LogP contribution in [0.15, 0.2) is 54.6 Å². The fraction of sp³-hybridized carbons (Fsp3) is 0.409. The van der Waals surface area contributed by atoms with Crippen molar-refractivity contribution in [3.05, 3.63) is 60.2 Å². The second-order valence-electron chi connectivity index (χ2n) is 7.10. The normalized spacial score (nSPS) is 12.5. The molecule has 0 heterocycles. The largest absolute Gasteiger partial charge is 0.469 e. The van der Waals surface area contributed by atoms with Gasteiger partial charge < -0.3 is 19.6 Å². The van der Waals surface area contributed by atoms with E-state index in [1.807, 2.05) is 18.2 Å². The molecule has 1 atom stereocenters. The Balaban J connectivity index is 1.53. The minimum absolute atomic E-state index is 0.248. The number of rotatable bonds is 13. The molecule has 2 aromatic rings. The van der Waals surface area contributed by atoms with Crippen molar-refractivity contribution in [2.75, 3.05) is 13.2 Å². The van der Waals surface area contributed by atoms with Crippen LogP contribution in [-0.2, 0) is 25.0 Å². The lowest BCUT2D eigenvalue weighted by Crippen LogP contribution is -2.23. The number of hydrogen-bond donors (Lipinski definition) is 3. The Morgan fingerprint density at radius 2 is 1.50 bits per heavy atom. The number of aryl methyl sites for hydroxylation is 1. The molecule has 0 aliphatic rings. The number of phosphoric acid groups is 1. The smallest absolute Gasteiger partial charge is 0.463 e. The summed E-state index contributed by atoms with van der Waals surface area (Å²) in [4.78, 5) is 28.7. The second-order valence-corrected chi connectivity index (χ2v) is 8.34. The summed E-state index contributed by atoms with van der Waals surface area (Å²) in [6.45, 7) is -0.943. The van der Waals surface area contributed by atoms with Crippen molar-refractivity contribution >= 4 is 13.8 Å². The number of carbonyl (C=O) groups is 1. The zero-order valence-corrected chi connectivity index (χ0v) is 17.7. The number of esters is 1. The van der Waals surface area contributed by atoms with E-state index in [1.165, 1.54) is 16.7 Å². The quantitative estimate of drug-likeness (QED) is 0.248. The highest BCUT2D eigenvalue weighted by Gasteiger charge is 2.17. The van der Waals surface area contributed by atoms with Crippen LogP contribution in [-0.4, -0.2) is 40.2 Å². The summed E-state index contributed by atoms with van der Waals surface area (Å²) in [7, 11) is -4.64. The van der Waals surface area contributed by atoms with Gasteiger partial charge in [-0.2, -0.15) is 0 Å². The Bertz CT molecular complexity index is 802. The third kappa shape index (κ3) is 10.1. The van der Waals surface area contributed by atoms with Gasteiger partial charge in [-0.15, -0.1) is 0 Å². The first-order chi connectivity index (χ1) is 14.3. The van der Waals surface area contributed by atoms with Crippen LogP contribution in [0.3, 0.4) is 0 Å². The van der Waals surface area contributed by atoms with Crippen molar-refractivity contribution < 1.29 is 33.5 Å². The van der Waals surface area contributed by atoms with Gasteiger partial charge in [0, 0.05) is 6.42 Å². The average molecular weight is 436 g/mol. The molecule has 8 heteroatoms. The van der Waals surface area contributed by atoms with Gasteiger partial charge in [0.05, 0.1) is 6.61 Å². The minimum atomic E-state index is -4.64. The van der Waals surface area contributed by atoms with Crippen LogP contribution in [0.2, 0.25) is 0 Å². The van der Waals surface area contributed by atoms with Gasteiger partial charge >= 0.3 is 13.8 Å². The highest BCUT2D eigenvalue weighted by atomic mass is 31.2. The summed E-state index contributed by atoms with van der Waals surface area (Å²) < 4.78 is 19.5. The van der Waals surface area contributed by atoms with Crippen molar-refractivity contribution in [1.82, 2.24) is 0 Å². The molecular weight excluding hydrogens is 407 g/mol. The molecule has 3 N–H and O–H groups in total. The molecule has 0 aliphatic heterocycles. The van der Waals surface area contributed by atoms with Gasteiger partial charge in [0.1, 0.15) is 12.7 Å². The molecule has 0 bridgehead atoms. The Morgan fingerprint density at radius 1 is 0.867 bits per heavy atom. The fourth-order valence-corrected chi connectivity index (χ4v) is 3.31. The Hall–Kier alpha value is -2.02. The number of hydrogen-bond acceptors (Lipinski definition) is 5. The molecule has 2 aromatic carbocycles. The fourth-order valence-electron chi connectivity index (χ4n) is 2.94. The summed E-state index contributed by atoms with van der Waals surface area (Å²) in [5, 5.41) is 9.45. The van der Waals surface area contributed by atoms with E-state index in [9.17, 15) is 14.5 Å². The minimum Gasteiger partial charge on any atom is -0.463 e. The van der Waals surface area contributed by atoms with Crippen LogP contribution in [0, 0.1) is 0 Å². The third-order valence-electron chi connectivity index (χ3n) is 4.53. The van der Waals surface area contributed by atoms with Crippen LogP contribution in [0.4, 0.5) is 0 Å². The van der Waals surface area contributed by atoms with Gasteiger partial charge in [0.25, 0.3) is 0 Å². The highest BCUT2D eigenvalue weighted by Crippen LogP contribution is 2.35. The number of benzene rings is 2. The lowest BCUT2D eigenvalue weighted by Gasteiger charge is -2.12. The molecule has 0 unspecified atom stereocenters. The number of aliphatic hydroxyl groups excluding tert-OH is 1. The van der Waals surface area contributed by atoms with Crippen LogP contribution < -0.4 is 0 Å². The van der Waals surface area contributed by atoms with E-state index in [2.05, 4.69) is 40.9 Å². The predicted molar refractivity (Wildman–Crippen MR) is 114 cm³/mol. The number of carbonyl (C=O) groups excluding carboxylic acids is 1. The maximum Gasteiger partial charge on any atom is 0.469 e. The molecule has 2 rings (SSSR count). The lowest BCUT2D eigenvalue weighted by atomic mass is 10.0. The van der Waals surface area contributed by atoms with Crippen LogP contribution in [0.1, 0.15) is 37.7 Å². The Kier molecular flexibility index (Phi) is 10.2. The summed E-state index contributed by atoms with van der Waals surface area (Å²) in [6, 6.07) is 18.8. The van der Waals surface area contributed by atoms with Crippen LogP contribution in [0.25, 0.3) is 11.1 Å². The van der Waals surface area contributed by atoms with Gasteiger partial charge in [0.2, 0.25) is 0 Å². The summed E-state index contributed by atoms with van der Waals surface area (Å²) in [5.74, 6) is -0.443. The monoisotopic (exact) mass is 436 g/mol. The van der Waals surface area contributed by atoms with E-state index in [0.717, 1.165) is 25.7 Å². The SMILES string of the molecule is O=C(CCCCCCc1ccc(-c2ccccc2)cc1)OC[C@@H](O)COP(=O)(O)O. The average Bonchev–Trinajstić information content (AvgIpc) is 2.73. The second kappa shape index (κ2) is 12.6. The third-order valence-corrected chi connectivity index (χ3v) is 5.01. The molecule has 0 saturated heterocycles. The van der Waals surface area contributed by atoms with Gasteiger partial charge in [-0.25, -0.2) is 4.57 Å². The zero-order valence-electron chi connectivity index (χ0n) is 16.9. The molecule has 0 aliphatic carbocycles.